The van der Waals surface area contributed by atoms with E-state index in [4.69, 9.17) is 14.2 Å². The number of ether oxygens (including phenoxy) is 3. The minimum absolute atomic E-state index is 0.145. The number of carbonyl (C=O) groups is 1. The molecule has 1 aliphatic rings. The summed E-state index contributed by atoms with van der Waals surface area (Å²) in [5, 5.41) is 0. The lowest BCUT2D eigenvalue weighted by molar-refractivity contribution is -0.151. The number of nitrogens with one attached hydrogen (secondary N) is 1. The number of rotatable bonds is 15. The number of likely N-dealkylation sites (tertiary alicyclic amines) is 1. The lowest BCUT2D eigenvalue weighted by Gasteiger charge is -2.33. The van der Waals surface area contributed by atoms with Crippen LogP contribution in [0.15, 0.2) is 97.1 Å². The van der Waals surface area contributed by atoms with Gasteiger partial charge in [-0.1, -0.05) is 61.0 Å². The molecule has 0 radical (unpaired) electrons. The molecule has 1 unspecified atom stereocenters. The van der Waals surface area contributed by atoms with Gasteiger partial charge < -0.3 is 19.1 Å². The lowest BCUT2D eigenvalue weighted by atomic mass is 10.0. The van der Waals surface area contributed by atoms with Crippen molar-refractivity contribution in [2.24, 2.45) is 0 Å². The van der Waals surface area contributed by atoms with Gasteiger partial charge in [0.2, 0.25) is 10.0 Å². The van der Waals surface area contributed by atoms with Gasteiger partial charge >= 0.3 is 5.97 Å². The Bertz CT molecular complexity index is 1750. The first kappa shape index (κ1) is 34.8. The van der Waals surface area contributed by atoms with Gasteiger partial charge in [-0.05, 0) is 86.3 Å². The Kier molecular flexibility index (Phi) is 12.0. The number of anilines is 2. The maximum absolute atomic E-state index is 12.4. The van der Waals surface area contributed by atoms with Crippen LogP contribution in [-0.4, -0.2) is 57.9 Å². The van der Waals surface area contributed by atoms with Crippen LogP contribution in [0.1, 0.15) is 42.9 Å². The smallest absolute Gasteiger partial charge is 0.323 e. The molecule has 0 saturated carbocycles. The van der Waals surface area contributed by atoms with Gasteiger partial charge in [-0.3, -0.25) is 14.4 Å². The average Bonchev–Trinajstić information content (AvgIpc) is 3.07. The minimum Gasteiger partial charge on any atom is -0.492 e. The first-order valence-electron chi connectivity index (χ1n) is 16.4. The molecular weight excluding hydrogens is 627 g/mol. The van der Waals surface area contributed by atoms with Crippen molar-refractivity contribution in [3.8, 4) is 17.2 Å². The fourth-order valence-electron chi connectivity index (χ4n) is 6.00. The molecule has 1 atom stereocenters. The molecule has 9 nitrogen and oxygen atoms in total. The third kappa shape index (κ3) is 9.98. The number of piperidine rings is 1. The van der Waals surface area contributed by atoms with Crippen molar-refractivity contribution < 1.29 is 27.4 Å². The Balaban J connectivity index is 1.23. The Morgan fingerprint density at radius 1 is 0.875 bits per heavy atom. The molecule has 1 aliphatic heterocycles. The second kappa shape index (κ2) is 16.5. The van der Waals surface area contributed by atoms with Gasteiger partial charge in [0.1, 0.15) is 29.9 Å². The molecule has 0 aliphatic carbocycles. The molecule has 254 valence electrons. The quantitative estimate of drug-likeness (QED) is 0.133. The van der Waals surface area contributed by atoms with Crippen LogP contribution in [0.2, 0.25) is 0 Å². The molecule has 1 heterocycles. The normalized spacial score (nSPS) is 15.0. The highest BCUT2D eigenvalue weighted by atomic mass is 32.2. The molecule has 0 bridgehead atoms. The number of benzene rings is 4. The van der Waals surface area contributed by atoms with Crippen molar-refractivity contribution in [1.29, 1.82) is 0 Å². The number of hydrogen-bond acceptors (Lipinski definition) is 8. The number of sulfonamides is 1. The Hall–Kier alpha value is -4.54. The second-order valence-corrected chi connectivity index (χ2v) is 13.8. The van der Waals surface area contributed by atoms with Gasteiger partial charge in [0.15, 0.2) is 0 Å². The zero-order valence-corrected chi connectivity index (χ0v) is 28.7. The monoisotopic (exact) mass is 671 g/mol. The molecule has 0 spiro atoms. The van der Waals surface area contributed by atoms with Gasteiger partial charge in [-0.2, -0.15) is 0 Å². The van der Waals surface area contributed by atoms with Gasteiger partial charge in [0.25, 0.3) is 0 Å². The largest absolute Gasteiger partial charge is 0.492 e. The number of nitrogens with zero attached hydrogens (tertiary/aromatic N) is 2. The fourth-order valence-corrected chi connectivity index (χ4v) is 6.62. The van der Waals surface area contributed by atoms with Gasteiger partial charge in [0, 0.05) is 31.4 Å². The standard InChI is InChI=1S/C38H45N3O6S/c1-4-45-38(42)37-17-8-9-23-40(37)24-25-46-33-14-10-15-34(26-33)47-32-21-19-31(20-22-32)28-41(27-30-12-6-5-7-13-30)36-18-11-16-35(29(36)2)39-48(3,43)44/h5-7,10-16,18-22,26,37,39H,4,8-9,17,23-25,27-28H2,1-3H3. The third-order valence-corrected chi connectivity index (χ3v) is 8.91. The predicted octanol–water partition coefficient (Wildman–Crippen LogP) is 7.16. The topological polar surface area (TPSA) is 97.4 Å². The summed E-state index contributed by atoms with van der Waals surface area (Å²) in [7, 11) is -3.42. The summed E-state index contributed by atoms with van der Waals surface area (Å²) in [6.45, 7) is 7.39. The maximum Gasteiger partial charge on any atom is 0.323 e. The van der Waals surface area contributed by atoms with Gasteiger partial charge in [-0.25, -0.2) is 8.42 Å². The maximum atomic E-state index is 12.4. The fraction of sp³-hybridized carbons (Fsp3) is 0.342. The predicted molar refractivity (Wildman–Crippen MR) is 190 cm³/mol. The van der Waals surface area contributed by atoms with Crippen LogP contribution in [-0.2, 0) is 32.6 Å². The summed E-state index contributed by atoms with van der Waals surface area (Å²) in [5.41, 5.74) is 4.60. The van der Waals surface area contributed by atoms with Crippen LogP contribution in [0.4, 0.5) is 11.4 Å². The van der Waals surface area contributed by atoms with Crippen LogP contribution in [0, 0.1) is 6.92 Å². The Morgan fingerprint density at radius 2 is 1.58 bits per heavy atom. The van der Waals surface area contributed by atoms with Crippen molar-refractivity contribution in [3.63, 3.8) is 0 Å². The molecule has 1 fully saturated rings. The minimum atomic E-state index is -3.42. The van der Waals surface area contributed by atoms with Crippen LogP contribution >= 0.6 is 0 Å². The summed E-state index contributed by atoms with van der Waals surface area (Å²) >= 11 is 0. The van der Waals surface area contributed by atoms with E-state index in [1.54, 1.807) is 6.07 Å². The van der Waals surface area contributed by atoms with E-state index in [0.29, 0.717) is 55.8 Å². The van der Waals surface area contributed by atoms with Crippen LogP contribution < -0.4 is 19.1 Å². The van der Waals surface area contributed by atoms with E-state index >= 15 is 0 Å². The summed E-state index contributed by atoms with van der Waals surface area (Å²) in [6.07, 6.45) is 4.08. The molecule has 4 aromatic carbocycles. The molecular formula is C38H45N3O6S. The van der Waals surface area contributed by atoms with E-state index in [1.807, 2.05) is 92.7 Å². The van der Waals surface area contributed by atoms with Crippen molar-refractivity contribution in [1.82, 2.24) is 4.90 Å². The lowest BCUT2D eigenvalue weighted by Crippen LogP contribution is -2.47. The SMILES string of the molecule is CCOC(=O)C1CCCCN1CCOc1cccc(Oc2ccc(CN(Cc3ccccc3)c3cccc(NS(C)(=O)=O)c3C)cc2)c1. The van der Waals surface area contributed by atoms with Crippen molar-refractivity contribution in [2.45, 2.75) is 52.2 Å². The second-order valence-electron chi connectivity index (χ2n) is 12.0. The molecule has 4 aromatic rings. The van der Waals surface area contributed by atoms with Crippen molar-refractivity contribution >= 4 is 27.4 Å². The molecule has 0 amide bonds. The zero-order valence-electron chi connectivity index (χ0n) is 27.9. The van der Waals surface area contributed by atoms with E-state index in [-0.39, 0.29) is 12.0 Å². The number of hydrogen-bond donors (Lipinski definition) is 1. The molecule has 10 heteroatoms. The van der Waals surface area contributed by atoms with E-state index in [1.165, 1.54) is 0 Å². The third-order valence-electron chi connectivity index (χ3n) is 8.32. The highest BCUT2D eigenvalue weighted by Gasteiger charge is 2.29. The van der Waals surface area contributed by atoms with Crippen LogP contribution in [0.5, 0.6) is 17.2 Å². The van der Waals surface area contributed by atoms with Crippen LogP contribution in [0.25, 0.3) is 0 Å². The summed E-state index contributed by atoms with van der Waals surface area (Å²) < 4.78 is 44.2. The molecule has 48 heavy (non-hydrogen) atoms. The van der Waals surface area contributed by atoms with Crippen molar-refractivity contribution in [2.75, 3.05) is 42.2 Å². The van der Waals surface area contributed by atoms with Crippen molar-refractivity contribution in [3.05, 3.63) is 114 Å². The zero-order chi connectivity index (χ0) is 33.9. The van der Waals surface area contributed by atoms with Crippen LogP contribution in [0.3, 0.4) is 0 Å². The molecule has 1 saturated heterocycles. The molecule has 1 N–H and O–H groups in total. The molecule has 5 rings (SSSR count). The van der Waals surface area contributed by atoms with E-state index in [9.17, 15) is 13.2 Å². The highest BCUT2D eigenvalue weighted by Crippen LogP contribution is 2.31. The Labute approximate surface area is 284 Å². The van der Waals surface area contributed by atoms with Gasteiger partial charge in [0.05, 0.1) is 18.6 Å². The summed E-state index contributed by atoms with van der Waals surface area (Å²) in [4.78, 5) is 16.8. The highest BCUT2D eigenvalue weighted by molar-refractivity contribution is 7.92. The average molecular weight is 672 g/mol. The summed E-state index contributed by atoms with van der Waals surface area (Å²) in [5.74, 6) is 1.92. The first-order chi connectivity index (χ1) is 23.2. The number of carbonyl (C=O) groups excluding carboxylic acids is 1. The Morgan fingerprint density at radius 3 is 2.31 bits per heavy atom. The van der Waals surface area contributed by atoms with E-state index in [2.05, 4.69) is 26.7 Å². The van der Waals surface area contributed by atoms with Gasteiger partial charge in [-0.15, -0.1) is 0 Å². The van der Waals surface area contributed by atoms with E-state index < -0.39 is 10.0 Å². The summed E-state index contributed by atoms with van der Waals surface area (Å²) in [6, 6.07) is 31.2. The van der Waals surface area contributed by atoms with E-state index in [0.717, 1.165) is 54.4 Å². The first-order valence-corrected chi connectivity index (χ1v) is 18.3. The molecule has 0 aromatic heterocycles. The number of esters is 1.